The van der Waals surface area contributed by atoms with Gasteiger partial charge in [-0.15, -0.1) is 0 Å². The number of rotatable bonds is 19. The lowest BCUT2D eigenvalue weighted by Crippen LogP contribution is -2.27. The summed E-state index contributed by atoms with van der Waals surface area (Å²) in [6.45, 7) is 4.01. The Morgan fingerprint density at radius 2 is 1.31 bits per heavy atom. The second kappa shape index (κ2) is 17.6. The first-order chi connectivity index (χ1) is 14.1. The topological polar surface area (TPSA) is 72.7 Å². The molecule has 1 unspecified atom stereocenters. The van der Waals surface area contributed by atoms with Crippen LogP contribution in [0.3, 0.4) is 0 Å². The number of hydrogen-bond donors (Lipinski definition) is 4. The lowest BCUT2D eigenvalue weighted by Gasteiger charge is -2.11. The summed E-state index contributed by atoms with van der Waals surface area (Å²) in [5.74, 6) is 0.398. The predicted octanol–water partition coefficient (Wildman–Crippen LogP) is 6.07. The molecule has 0 aromatic heterocycles. The molecule has 4 heteroatoms. The Labute approximate surface area is 178 Å². The van der Waals surface area contributed by atoms with Crippen molar-refractivity contribution in [3.05, 3.63) is 23.8 Å². The molecule has 4 N–H and O–H groups in total. The molecule has 0 aliphatic carbocycles. The van der Waals surface area contributed by atoms with Crippen LogP contribution in [0.5, 0.6) is 11.5 Å². The molecule has 29 heavy (non-hydrogen) atoms. The van der Waals surface area contributed by atoms with Crippen LogP contribution in [0.1, 0.15) is 102 Å². The lowest BCUT2D eigenvalue weighted by molar-refractivity contribution is 0.158. The number of unbranched alkanes of at least 4 members (excludes halogenated alkanes) is 11. The van der Waals surface area contributed by atoms with Crippen molar-refractivity contribution >= 4 is 0 Å². The molecular weight excluding hydrogens is 362 g/mol. The molecule has 0 saturated heterocycles. The summed E-state index contributed by atoms with van der Waals surface area (Å²) >= 11 is 0. The van der Waals surface area contributed by atoms with Crippen LogP contribution < -0.4 is 5.32 Å². The van der Waals surface area contributed by atoms with Gasteiger partial charge in [-0.1, -0.05) is 83.6 Å². The molecule has 0 saturated carbocycles. The number of aliphatic hydroxyl groups excluding tert-OH is 1. The zero-order chi connectivity index (χ0) is 21.2. The van der Waals surface area contributed by atoms with E-state index in [1.54, 1.807) is 18.2 Å². The van der Waals surface area contributed by atoms with Crippen LogP contribution >= 0.6 is 0 Å². The van der Waals surface area contributed by atoms with Crippen molar-refractivity contribution in [2.45, 2.75) is 109 Å². The molecule has 0 spiro atoms. The third-order valence-electron chi connectivity index (χ3n) is 5.68. The minimum atomic E-state index is -0.207. The summed E-state index contributed by atoms with van der Waals surface area (Å²) in [5, 5.41) is 33.0. The Hall–Kier alpha value is -1.26. The van der Waals surface area contributed by atoms with Crippen molar-refractivity contribution in [1.82, 2.24) is 5.32 Å². The van der Waals surface area contributed by atoms with Crippen LogP contribution in [-0.4, -0.2) is 34.5 Å². The zero-order valence-corrected chi connectivity index (χ0v) is 18.7. The first-order valence-corrected chi connectivity index (χ1v) is 12.0. The van der Waals surface area contributed by atoms with E-state index in [0.29, 0.717) is 5.56 Å². The third-order valence-corrected chi connectivity index (χ3v) is 5.68. The van der Waals surface area contributed by atoms with Gasteiger partial charge in [-0.05, 0) is 44.4 Å². The second-order valence-corrected chi connectivity index (χ2v) is 8.41. The van der Waals surface area contributed by atoms with E-state index in [2.05, 4.69) is 12.2 Å². The van der Waals surface area contributed by atoms with Crippen LogP contribution in [0.4, 0.5) is 0 Å². The van der Waals surface area contributed by atoms with Crippen molar-refractivity contribution in [3.63, 3.8) is 0 Å². The molecule has 168 valence electrons. The quantitative estimate of drug-likeness (QED) is 0.210. The number of phenolic OH excluding ortho intramolecular Hbond substituents is 2. The highest BCUT2D eigenvalue weighted by Gasteiger charge is 2.06. The number of benzene rings is 1. The molecule has 0 aliphatic heterocycles. The van der Waals surface area contributed by atoms with Crippen LogP contribution in [-0.2, 0) is 6.42 Å². The minimum absolute atomic E-state index is 0.199. The minimum Gasteiger partial charge on any atom is -0.508 e. The summed E-state index contributed by atoms with van der Waals surface area (Å²) in [6.07, 6.45) is 17.4. The largest absolute Gasteiger partial charge is 0.508 e. The number of aliphatic hydroxyl groups is 1. The lowest BCUT2D eigenvalue weighted by atomic mass is 10.0. The summed E-state index contributed by atoms with van der Waals surface area (Å²) in [7, 11) is 0. The molecule has 1 atom stereocenters. The Kier molecular flexibility index (Phi) is 15.6. The molecule has 0 bridgehead atoms. The molecule has 0 aliphatic rings. The molecular formula is C25H45NO3. The van der Waals surface area contributed by atoms with Crippen LogP contribution in [0.2, 0.25) is 0 Å². The fraction of sp³-hybridized carbons (Fsp3) is 0.760. The monoisotopic (exact) mass is 407 g/mol. The molecule has 0 radical (unpaired) electrons. The summed E-state index contributed by atoms with van der Waals surface area (Å²) in [5.41, 5.74) is 0.673. The highest BCUT2D eigenvalue weighted by Crippen LogP contribution is 2.28. The highest BCUT2D eigenvalue weighted by molar-refractivity contribution is 5.42. The van der Waals surface area contributed by atoms with Gasteiger partial charge < -0.3 is 20.6 Å². The Morgan fingerprint density at radius 3 is 1.97 bits per heavy atom. The number of aromatic hydroxyl groups is 2. The average Bonchev–Trinajstić information content (AvgIpc) is 2.70. The van der Waals surface area contributed by atoms with Gasteiger partial charge in [-0.3, -0.25) is 0 Å². The molecule has 0 amide bonds. The van der Waals surface area contributed by atoms with E-state index in [1.807, 2.05) is 0 Å². The maximum absolute atomic E-state index is 10.0. The van der Waals surface area contributed by atoms with Crippen molar-refractivity contribution < 1.29 is 15.3 Å². The molecule has 4 nitrogen and oxygen atoms in total. The van der Waals surface area contributed by atoms with Crippen LogP contribution in [0.25, 0.3) is 0 Å². The normalized spacial score (nSPS) is 12.3. The molecule has 0 heterocycles. The maximum Gasteiger partial charge on any atom is 0.122 e. The Balaban J connectivity index is 1.85. The number of phenols is 2. The van der Waals surface area contributed by atoms with E-state index in [1.165, 1.54) is 64.2 Å². The summed E-state index contributed by atoms with van der Waals surface area (Å²) in [4.78, 5) is 0. The predicted molar refractivity (Wildman–Crippen MR) is 123 cm³/mol. The molecule has 1 aromatic rings. The van der Waals surface area contributed by atoms with E-state index >= 15 is 0 Å². The van der Waals surface area contributed by atoms with Gasteiger partial charge in [-0.2, -0.15) is 0 Å². The van der Waals surface area contributed by atoms with Gasteiger partial charge in [0.2, 0.25) is 0 Å². The SMILES string of the molecule is CCCCCCCCNCC(O)CCCCCCCCCc1c(O)cccc1O. The van der Waals surface area contributed by atoms with E-state index in [4.69, 9.17) is 0 Å². The first kappa shape index (κ1) is 25.8. The fourth-order valence-electron chi connectivity index (χ4n) is 3.79. The average molecular weight is 408 g/mol. The first-order valence-electron chi connectivity index (χ1n) is 12.0. The molecule has 1 aromatic carbocycles. The van der Waals surface area contributed by atoms with Gasteiger partial charge in [0.25, 0.3) is 0 Å². The third kappa shape index (κ3) is 13.6. The van der Waals surface area contributed by atoms with E-state index in [0.717, 1.165) is 45.2 Å². The van der Waals surface area contributed by atoms with Crippen molar-refractivity contribution in [3.8, 4) is 11.5 Å². The van der Waals surface area contributed by atoms with Gasteiger partial charge in [-0.25, -0.2) is 0 Å². The summed E-state index contributed by atoms with van der Waals surface area (Å²) in [6, 6.07) is 4.93. The van der Waals surface area contributed by atoms with E-state index < -0.39 is 0 Å². The van der Waals surface area contributed by atoms with Crippen molar-refractivity contribution in [1.29, 1.82) is 0 Å². The Bertz CT molecular complexity index is 487. The summed E-state index contributed by atoms with van der Waals surface area (Å²) < 4.78 is 0. The van der Waals surface area contributed by atoms with Gasteiger partial charge in [0.15, 0.2) is 0 Å². The van der Waals surface area contributed by atoms with E-state index in [9.17, 15) is 15.3 Å². The standard InChI is InChI=1S/C25H45NO3/c1-2-3-4-5-11-14-20-26-21-22(27)16-12-9-7-6-8-10-13-17-23-24(28)18-15-19-25(23)29/h15,18-19,22,26-29H,2-14,16-17,20-21H2,1H3. The smallest absolute Gasteiger partial charge is 0.122 e. The second-order valence-electron chi connectivity index (χ2n) is 8.41. The van der Waals surface area contributed by atoms with Gasteiger partial charge in [0.05, 0.1) is 6.10 Å². The van der Waals surface area contributed by atoms with Gasteiger partial charge in [0.1, 0.15) is 11.5 Å². The highest BCUT2D eigenvalue weighted by atomic mass is 16.3. The fourth-order valence-corrected chi connectivity index (χ4v) is 3.79. The van der Waals surface area contributed by atoms with Gasteiger partial charge in [0, 0.05) is 12.1 Å². The van der Waals surface area contributed by atoms with Crippen LogP contribution in [0.15, 0.2) is 18.2 Å². The zero-order valence-electron chi connectivity index (χ0n) is 18.7. The van der Waals surface area contributed by atoms with Crippen molar-refractivity contribution in [2.75, 3.05) is 13.1 Å². The maximum atomic E-state index is 10.0. The Morgan fingerprint density at radius 1 is 0.759 bits per heavy atom. The van der Waals surface area contributed by atoms with E-state index in [-0.39, 0.29) is 17.6 Å². The van der Waals surface area contributed by atoms with Crippen LogP contribution in [0, 0.1) is 0 Å². The number of nitrogens with one attached hydrogen (secondary N) is 1. The molecule has 1 rings (SSSR count). The van der Waals surface area contributed by atoms with Crippen molar-refractivity contribution in [2.24, 2.45) is 0 Å². The molecule has 0 fully saturated rings. The number of hydrogen-bond acceptors (Lipinski definition) is 4. The van der Waals surface area contributed by atoms with Gasteiger partial charge >= 0.3 is 0 Å².